The number of nitrogens with zero attached hydrogens (tertiary/aromatic N) is 1. The lowest BCUT2D eigenvalue weighted by Crippen LogP contribution is -2.58. The molecule has 0 heterocycles. The normalized spacial score (nSPS) is 15.1. The molecular weight excluding hydrogens is 506 g/mol. The molecule has 1 saturated carbocycles. The molecule has 0 spiro atoms. The van der Waals surface area contributed by atoms with Crippen molar-refractivity contribution in [1.82, 2.24) is 10.2 Å². The Morgan fingerprint density at radius 3 is 2.29 bits per heavy atom. The Bertz CT molecular complexity index is 1120. The van der Waals surface area contributed by atoms with Gasteiger partial charge in [-0.25, -0.2) is 4.79 Å². The number of anilines is 1. The van der Waals surface area contributed by atoms with Gasteiger partial charge in [0.15, 0.2) is 0 Å². The van der Waals surface area contributed by atoms with Crippen molar-refractivity contribution in [2.24, 2.45) is 0 Å². The third-order valence-electron chi connectivity index (χ3n) is 6.59. The molecule has 2 aromatic carbocycles. The number of aliphatic hydroxyl groups is 1. The summed E-state index contributed by atoms with van der Waals surface area (Å²) in [7, 11) is 0. The molecule has 2 aromatic rings. The van der Waals surface area contributed by atoms with Crippen molar-refractivity contribution >= 4 is 35.2 Å². The van der Waals surface area contributed by atoms with Crippen LogP contribution in [-0.2, 0) is 20.7 Å². The SMILES string of the molecule is CCc1ccc(C(C(=O)Nc2c(C)cccc2Cl)N(C(=O)C(CO)NC(=O)OC(C)(C)C)C2CCC2)cc1. The second-order valence-corrected chi connectivity index (χ2v) is 11.0. The van der Waals surface area contributed by atoms with Gasteiger partial charge in [0.1, 0.15) is 17.7 Å². The molecule has 0 aromatic heterocycles. The number of hydrogen-bond donors (Lipinski definition) is 3. The molecule has 0 bridgehead atoms. The van der Waals surface area contributed by atoms with Crippen LogP contribution >= 0.6 is 11.6 Å². The number of ether oxygens (including phenoxy) is 1. The first kappa shape index (κ1) is 29.5. The van der Waals surface area contributed by atoms with Crippen LogP contribution < -0.4 is 10.6 Å². The van der Waals surface area contributed by atoms with Gasteiger partial charge in [0.2, 0.25) is 5.91 Å². The number of aryl methyl sites for hydroxylation is 2. The van der Waals surface area contributed by atoms with Gasteiger partial charge in [0, 0.05) is 6.04 Å². The minimum Gasteiger partial charge on any atom is -0.444 e. The van der Waals surface area contributed by atoms with E-state index in [1.54, 1.807) is 32.9 Å². The number of amides is 3. The zero-order chi connectivity index (χ0) is 28.0. The molecular formula is C29H38ClN3O5. The predicted octanol–water partition coefficient (Wildman–Crippen LogP) is 5.16. The summed E-state index contributed by atoms with van der Waals surface area (Å²) in [6.45, 7) is 8.36. The van der Waals surface area contributed by atoms with Gasteiger partial charge < -0.3 is 25.4 Å². The number of carbonyl (C=O) groups excluding carboxylic acids is 3. The lowest BCUT2D eigenvalue weighted by Gasteiger charge is -2.43. The molecule has 9 heteroatoms. The maximum atomic E-state index is 13.9. The Labute approximate surface area is 229 Å². The third kappa shape index (κ3) is 7.26. The molecule has 1 aliphatic carbocycles. The molecule has 3 N–H and O–H groups in total. The third-order valence-corrected chi connectivity index (χ3v) is 6.91. The van der Waals surface area contributed by atoms with E-state index in [1.807, 2.05) is 44.2 Å². The van der Waals surface area contributed by atoms with E-state index in [9.17, 15) is 19.5 Å². The summed E-state index contributed by atoms with van der Waals surface area (Å²) in [6, 6.07) is 10.4. The van der Waals surface area contributed by atoms with Crippen molar-refractivity contribution in [2.45, 2.75) is 84.0 Å². The molecule has 1 fully saturated rings. The fourth-order valence-electron chi connectivity index (χ4n) is 4.35. The summed E-state index contributed by atoms with van der Waals surface area (Å²) >= 11 is 6.40. The average molecular weight is 544 g/mol. The van der Waals surface area contributed by atoms with E-state index in [4.69, 9.17) is 16.3 Å². The summed E-state index contributed by atoms with van der Waals surface area (Å²) in [5.74, 6) is -0.988. The van der Waals surface area contributed by atoms with E-state index in [0.29, 0.717) is 29.1 Å². The number of halogens is 1. The van der Waals surface area contributed by atoms with Crippen LogP contribution in [0.15, 0.2) is 42.5 Å². The highest BCUT2D eigenvalue weighted by atomic mass is 35.5. The largest absolute Gasteiger partial charge is 0.444 e. The maximum Gasteiger partial charge on any atom is 0.408 e. The van der Waals surface area contributed by atoms with Crippen LogP contribution in [0.3, 0.4) is 0 Å². The van der Waals surface area contributed by atoms with Crippen molar-refractivity contribution in [3.8, 4) is 0 Å². The van der Waals surface area contributed by atoms with E-state index >= 15 is 0 Å². The lowest BCUT2D eigenvalue weighted by molar-refractivity contribution is -0.146. The van der Waals surface area contributed by atoms with Crippen LogP contribution in [0, 0.1) is 6.92 Å². The van der Waals surface area contributed by atoms with Crippen LogP contribution in [0.1, 0.15) is 69.7 Å². The minimum atomic E-state index is -1.28. The van der Waals surface area contributed by atoms with Crippen LogP contribution in [0.4, 0.5) is 10.5 Å². The van der Waals surface area contributed by atoms with Gasteiger partial charge in [0.25, 0.3) is 5.91 Å². The van der Waals surface area contributed by atoms with Crippen LogP contribution in [0.2, 0.25) is 5.02 Å². The smallest absolute Gasteiger partial charge is 0.408 e. The number of para-hydroxylation sites is 1. The first-order valence-corrected chi connectivity index (χ1v) is 13.4. The molecule has 206 valence electrons. The average Bonchev–Trinajstić information content (AvgIpc) is 2.82. The van der Waals surface area contributed by atoms with Gasteiger partial charge in [0.05, 0.1) is 17.3 Å². The summed E-state index contributed by atoms with van der Waals surface area (Å²) in [4.78, 5) is 41.8. The van der Waals surface area contributed by atoms with Crippen LogP contribution in [0.5, 0.6) is 0 Å². The molecule has 2 atom stereocenters. The van der Waals surface area contributed by atoms with Gasteiger partial charge in [-0.3, -0.25) is 9.59 Å². The number of carbonyl (C=O) groups is 3. The van der Waals surface area contributed by atoms with E-state index in [-0.39, 0.29) is 6.04 Å². The number of rotatable bonds is 9. The standard InChI is InChI=1S/C29H38ClN3O5/c1-6-19-13-15-20(16-14-19)25(26(35)32-24-18(2)9-7-12-22(24)30)33(21-10-8-11-21)27(36)23(17-34)31-28(37)38-29(3,4)5/h7,9,12-16,21,23,25,34H,6,8,10-11,17H2,1-5H3,(H,31,37)(H,32,35). The number of hydrogen-bond acceptors (Lipinski definition) is 5. The molecule has 8 nitrogen and oxygen atoms in total. The molecule has 3 rings (SSSR count). The molecule has 2 unspecified atom stereocenters. The van der Waals surface area contributed by atoms with Crippen LogP contribution in [-0.4, -0.2) is 52.2 Å². The fraction of sp³-hybridized carbons (Fsp3) is 0.483. The molecule has 0 saturated heterocycles. The topological polar surface area (TPSA) is 108 Å². The van der Waals surface area contributed by atoms with Crippen molar-refractivity contribution in [3.05, 3.63) is 64.2 Å². The molecule has 0 radical (unpaired) electrons. The second-order valence-electron chi connectivity index (χ2n) is 10.6. The second kappa shape index (κ2) is 12.6. The maximum absolute atomic E-state index is 13.9. The van der Waals surface area contributed by atoms with Crippen LogP contribution in [0.25, 0.3) is 0 Å². The zero-order valence-electron chi connectivity index (χ0n) is 22.7. The summed E-state index contributed by atoms with van der Waals surface area (Å²) in [5.41, 5.74) is 2.19. The van der Waals surface area contributed by atoms with Crippen molar-refractivity contribution < 1.29 is 24.2 Å². The highest BCUT2D eigenvalue weighted by Gasteiger charge is 2.42. The molecule has 38 heavy (non-hydrogen) atoms. The fourth-order valence-corrected chi connectivity index (χ4v) is 4.62. The summed E-state index contributed by atoms with van der Waals surface area (Å²) < 4.78 is 5.30. The highest BCUT2D eigenvalue weighted by molar-refractivity contribution is 6.34. The Morgan fingerprint density at radius 1 is 1.13 bits per heavy atom. The van der Waals surface area contributed by atoms with E-state index in [1.165, 1.54) is 4.90 Å². The van der Waals surface area contributed by atoms with E-state index in [0.717, 1.165) is 24.0 Å². The number of benzene rings is 2. The first-order chi connectivity index (χ1) is 17.9. The van der Waals surface area contributed by atoms with Gasteiger partial charge in [-0.15, -0.1) is 0 Å². The number of aliphatic hydroxyl groups excluding tert-OH is 1. The number of alkyl carbamates (subject to hydrolysis) is 1. The zero-order valence-corrected chi connectivity index (χ0v) is 23.5. The van der Waals surface area contributed by atoms with Crippen molar-refractivity contribution in [3.63, 3.8) is 0 Å². The quantitative estimate of drug-likeness (QED) is 0.405. The Hall–Kier alpha value is -3.10. The molecule has 3 amide bonds. The predicted molar refractivity (Wildman–Crippen MR) is 148 cm³/mol. The first-order valence-electron chi connectivity index (χ1n) is 13.0. The monoisotopic (exact) mass is 543 g/mol. The molecule has 1 aliphatic rings. The van der Waals surface area contributed by atoms with Gasteiger partial charge in [-0.1, -0.05) is 54.9 Å². The van der Waals surface area contributed by atoms with Crippen molar-refractivity contribution in [2.75, 3.05) is 11.9 Å². The molecule has 0 aliphatic heterocycles. The Morgan fingerprint density at radius 2 is 1.79 bits per heavy atom. The number of nitrogens with one attached hydrogen (secondary N) is 2. The lowest BCUT2D eigenvalue weighted by atomic mass is 9.88. The summed E-state index contributed by atoms with van der Waals surface area (Å²) in [5, 5.41) is 15.9. The van der Waals surface area contributed by atoms with E-state index < -0.39 is 42.2 Å². The van der Waals surface area contributed by atoms with Crippen molar-refractivity contribution in [1.29, 1.82) is 0 Å². The van der Waals surface area contributed by atoms with Gasteiger partial charge in [-0.2, -0.15) is 0 Å². The Balaban J connectivity index is 2.01. The van der Waals surface area contributed by atoms with Gasteiger partial charge in [-0.05, 0) is 76.1 Å². The minimum absolute atomic E-state index is 0.231. The van der Waals surface area contributed by atoms with Gasteiger partial charge >= 0.3 is 6.09 Å². The highest BCUT2D eigenvalue weighted by Crippen LogP contribution is 2.35. The Kier molecular flexibility index (Phi) is 9.79. The van der Waals surface area contributed by atoms with E-state index in [2.05, 4.69) is 10.6 Å². The summed E-state index contributed by atoms with van der Waals surface area (Å²) in [6.07, 6.45) is 2.33.